The Morgan fingerprint density at radius 2 is 2.00 bits per heavy atom. The molecule has 0 unspecified atom stereocenters. The minimum Gasteiger partial charge on any atom is -0.478 e. The number of aromatic carboxylic acids is 1. The highest BCUT2D eigenvalue weighted by atomic mass is 32.1. The van der Waals surface area contributed by atoms with Gasteiger partial charge in [0.05, 0.1) is 11.3 Å². The number of nitrogens with one attached hydrogen (secondary N) is 1. The molecule has 0 aliphatic carbocycles. The Morgan fingerprint density at radius 1 is 1.29 bits per heavy atom. The highest BCUT2D eigenvalue weighted by Gasteiger charge is 2.16. The zero-order valence-electron chi connectivity index (χ0n) is 12.2. The van der Waals surface area contributed by atoms with Crippen LogP contribution in [-0.4, -0.2) is 11.1 Å². The van der Waals surface area contributed by atoms with Crippen LogP contribution in [0.3, 0.4) is 0 Å². The number of hydrogen-bond acceptors (Lipinski definition) is 3. The Labute approximate surface area is 127 Å². The summed E-state index contributed by atoms with van der Waals surface area (Å²) in [5.41, 5.74) is 0.373. The molecule has 1 heterocycles. The predicted octanol–water partition coefficient (Wildman–Crippen LogP) is 4.50. The second kappa shape index (κ2) is 5.85. The Bertz CT molecular complexity index is 659. The standard InChI is InChI=1S/C16H18FNO2S/c1-16(2,3)14-7-5-11(21-14)9-18-13-8-10(15(19)20)4-6-12(13)17/h4-8,18H,9H2,1-3H3,(H,19,20). The second-order valence-electron chi connectivity index (χ2n) is 5.87. The van der Waals surface area contributed by atoms with Gasteiger partial charge in [-0.1, -0.05) is 20.8 Å². The topological polar surface area (TPSA) is 49.3 Å². The molecular weight excluding hydrogens is 289 g/mol. The van der Waals surface area contributed by atoms with Gasteiger partial charge in [-0.15, -0.1) is 11.3 Å². The molecule has 0 aliphatic rings. The maximum Gasteiger partial charge on any atom is 0.335 e. The highest BCUT2D eigenvalue weighted by molar-refractivity contribution is 7.12. The van der Waals surface area contributed by atoms with E-state index in [0.29, 0.717) is 6.54 Å². The highest BCUT2D eigenvalue weighted by Crippen LogP contribution is 2.30. The molecule has 0 spiro atoms. The molecule has 0 amide bonds. The van der Waals surface area contributed by atoms with Gasteiger partial charge in [-0.3, -0.25) is 0 Å². The summed E-state index contributed by atoms with van der Waals surface area (Å²) in [6.45, 7) is 6.91. The largest absolute Gasteiger partial charge is 0.478 e. The molecule has 0 bridgehead atoms. The number of halogens is 1. The van der Waals surface area contributed by atoms with Crippen molar-refractivity contribution >= 4 is 23.0 Å². The molecule has 0 saturated heterocycles. The molecule has 2 aromatic rings. The lowest BCUT2D eigenvalue weighted by atomic mass is 9.95. The number of carbonyl (C=O) groups is 1. The lowest BCUT2D eigenvalue weighted by Gasteiger charge is -2.15. The van der Waals surface area contributed by atoms with E-state index in [1.165, 1.54) is 23.1 Å². The molecule has 0 fully saturated rings. The Morgan fingerprint density at radius 3 is 2.57 bits per heavy atom. The molecule has 0 radical (unpaired) electrons. The van der Waals surface area contributed by atoms with Crippen molar-refractivity contribution in [3.63, 3.8) is 0 Å². The molecule has 0 saturated carbocycles. The number of benzene rings is 1. The molecule has 2 rings (SSSR count). The Balaban J connectivity index is 2.11. The maximum absolute atomic E-state index is 13.7. The molecular formula is C16H18FNO2S. The minimum atomic E-state index is -1.07. The van der Waals surface area contributed by atoms with Crippen LogP contribution in [0, 0.1) is 5.82 Å². The van der Waals surface area contributed by atoms with Crippen LogP contribution in [0.2, 0.25) is 0 Å². The lowest BCUT2D eigenvalue weighted by molar-refractivity contribution is 0.0697. The van der Waals surface area contributed by atoms with E-state index in [9.17, 15) is 9.18 Å². The molecule has 0 aliphatic heterocycles. The predicted molar refractivity (Wildman–Crippen MR) is 83.7 cm³/mol. The van der Waals surface area contributed by atoms with Gasteiger partial charge in [-0.25, -0.2) is 9.18 Å². The number of hydrogen-bond donors (Lipinski definition) is 2. The summed E-state index contributed by atoms with van der Waals surface area (Å²) in [5.74, 6) is -1.52. The summed E-state index contributed by atoms with van der Waals surface area (Å²) < 4.78 is 13.7. The summed E-state index contributed by atoms with van der Waals surface area (Å²) in [5, 5.41) is 11.9. The zero-order valence-corrected chi connectivity index (χ0v) is 13.1. The van der Waals surface area contributed by atoms with Gasteiger partial charge >= 0.3 is 5.97 Å². The van der Waals surface area contributed by atoms with Crippen molar-refractivity contribution in [2.75, 3.05) is 5.32 Å². The quantitative estimate of drug-likeness (QED) is 0.874. The van der Waals surface area contributed by atoms with Gasteiger partial charge in [-0.2, -0.15) is 0 Å². The first kappa shape index (κ1) is 15.5. The van der Waals surface area contributed by atoms with Crippen molar-refractivity contribution in [3.05, 3.63) is 51.5 Å². The van der Waals surface area contributed by atoms with Crippen LogP contribution in [0.4, 0.5) is 10.1 Å². The Hall–Kier alpha value is -1.88. The van der Waals surface area contributed by atoms with E-state index in [1.54, 1.807) is 11.3 Å². The number of rotatable bonds is 4. The lowest BCUT2D eigenvalue weighted by Crippen LogP contribution is -2.07. The van der Waals surface area contributed by atoms with Crippen LogP contribution >= 0.6 is 11.3 Å². The van der Waals surface area contributed by atoms with Gasteiger partial charge in [-0.05, 0) is 35.7 Å². The summed E-state index contributed by atoms with van der Waals surface area (Å²) in [4.78, 5) is 13.3. The fourth-order valence-electron chi connectivity index (χ4n) is 1.85. The van der Waals surface area contributed by atoms with Crippen molar-refractivity contribution in [2.45, 2.75) is 32.7 Å². The first-order valence-electron chi connectivity index (χ1n) is 6.63. The van der Waals surface area contributed by atoms with Gasteiger partial charge in [0, 0.05) is 16.3 Å². The van der Waals surface area contributed by atoms with Crippen LogP contribution in [0.5, 0.6) is 0 Å². The van der Waals surface area contributed by atoms with Gasteiger partial charge in [0.1, 0.15) is 5.82 Å². The molecule has 21 heavy (non-hydrogen) atoms. The molecule has 1 aromatic carbocycles. The van der Waals surface area contributed by atoms with E-state index >= 15 is 0 Å². The smallest absolute Gasteiger partial charge is 0.335 e. The number of thiophene rings is 1. The first-order chi connectivity index (χ1) is 9.77. The van der Waals surface area contributed by atoms with E-state index in [2.05, 4.69) is 32.2 Å². The number of carboxylic acid groups (broad SMARTS) is 1. The summed E-state index contributed by atoms with van der Waals surface area (Å²) in [7, 11) is 0. The van der Waals surface area contributed by atoms with Crippen molar-refractivity contribution in [3.8, 4) is 0 Å². The monoisotopic (exact) mass is 307 g/mol. The van der Waals surface area contributed by atoms with Crippen LogP contribution < -0.4 is 5.32 Å². The average molecular weight is 307 g/mol. The normalized spacial score (nSPS) is 11.4. The third-order valence-corrected chi connectivity index (χ3v) is 4.58. The Kier molecular flexibility index (Phi) is 4.32. The van der Waals surface area contributed by atoms with Crippen molar-refractivity contribution in [1.29, 1.82) is 0 Å². The second-order valence-corrected chi connectivity index (χ2v) is 7.04. The molecule has 112 valence electrons. The number of anilines is 1. The van der Waals surface area contributed by atoms with Crippen LogP contribution in [-0.2, 0) is 12.0 Å². The van der Waals surface area contributed by atoms with E-state index in [1.807, 2.05) is 6.07 Å². The summed E-state index contributed by atoms with van der Waals surface area (Å²) in [6, 6.07) is 7.82. The van der Waals surface area contributed by atoms with Crippen molar-refractivity contribution < 1.29 is 14.3 Å². The molecule has 1 aromatic heterocycles. The molecule has 5 heteroatoms. The van der Waals surface area contributed by atoms with Crippen molar-refractivity contribution in [2.24, 2.45) is 0 Å². The minimum absolute atomic E-state index is 0.0699. The van der Waals surface area contributed by atoms with Gasteiger partial charge < -0.3 is 10.4 Å². The van der Waals surface area contributed by atoms with Crippen LogP contribution in [0.1, 0.15) is 40.9 Å². The molecule has 2 N–H and O–H groups in total. The third-order valence-electron chi connectivity index (χ3n) is 3.07. The molecule has 3 nitrogen and oxygen atoms in total. The maximum atomic E-state index is 13.7. The van der Waals surface area contributed by atoms with Gasteiger partial charge in [0.2, 0.25) is 0 Å². The van der Waals surface area contributed by atoms with Crippen molar-refractivity contribution in [1.82, 2.24) is 0 Å². The fraction of sp³-hybridized carbons (Fsp3) is 0.312. The van der Waals surface area contributed by atoms with E-state index in [-0.39, 0.29) is 16.7 Å². The summed E-state index contributed by atoms with van der Waals surface area (Å²) in [6.07, 6.45) is 0. The average Bonchev–Trinajstić information content (AvgIpc) is 2.86. The van der Waals surface area contributed by atoms with E-state index < -0.39 is 11.8 Å². The van der Waals surface area contributed by atoms with Gasteiger partial charge in [0.15, 0.2) is 0 Å². The van der Waals surface area contributed by atoms with Crippen LogP contribution in [0.25, 0.3) is 0 Å². The van der Waals surface area contributed by atoms with E-state index in [0.717, 1.165) is 4.88 Å². The fourth-order valence-corrected chi connectivity index (χ4v) is 2.86. The molecule has 0 atom stereocenters. The number of carboxylic acids is 1. The van der Waals surface area contributed by atoms with E-state index in [4.69, 9.17) is 5.11 Å². The zero-order chi connectivity index (χ0) is 15.6. The summed E-state index contributed by atoms with van der Waals surface area (Å²) >= 11 is 1.67. The third kappa shape index (κ3) is 3.82. The van der Waals surface area contributed by atoms with Crippen LogP contribution in [0.15, 0.2) is 30.3 Å². The SMILES string of the molecule is CC(C)(C)c1ccc(CNc2cc(C(=O)O)ccc2F)s1. The first-order valence-corrected chi connectivity index (χ1v) is 7.45. The van der Waals surface area contributed by atoms with Gasteiger partial charge in [0.25, 0.3) is 0 Å².